The lowest BCUT2D eigenvalue weighted by molar-refractivity contribution is -0.384. The smallest absolute Gasteiger partial charge is 0.300 e. The summed E-state index contributed by atoms with van der Waals surface area (Å²) < 4.78 is 5.37. The van der Waals surface area contributed by atoms with Crippen LogP contribution in [0.15, 0.2) is 78.4 Å². The van der Waals surface area contributed by atoms with Crippen molar-refractivity contribution in [1.82, 2.24) is 0 Å². The number of Topliss-reactive ketones (excluding diaryl/α,β-unsaturated/α-hetero) is 1. The maximum absolute atomic E-state index is 13.2. The van der Waals surface area contributed by atoms with Crippen LogP contribution >= 0.6 is 0 Å². The normalized spacial score (nSPS) is 17.2. The first kappa shape index (κ1) is 21.6. The molecule has 1 aliphatic rings. The molecule has 1 heterocycles. The number of aliphatic hydroxyl groups is 1. The second-order valence-electron chi connectivity index (χ2n) is 7.24. The summed E-state index contributed by atoms with van der Waals surface area (Å²) in [5.74, 6) is -1.93. The van der Waals surface area contributed by atoms with Gasteiger partial charge < -0.3 is 14.9 Å². The molecule has 4 rings (SSSR count). The summed E-state index contributed by atoms with van der Waals surface area (Å²) in [6.07, 6.45) is 0. The predicted molar refractivity (Wildman–Crippen MR) is 119 cm³/mol. The fraction of sp³-hybridized carbons (Fsp3) is 0.0833. The summed E-state index contributed by atoms with van der Waals surface area (Å²) in [6.45, 7) is 0. The zero-order valence-electron chi connectivity index (χ0n) is 17.3. The Balaban J connectivity index is 1.94. The number of carbonyl (C=O) groups excluding carboxylic acids is 2. The second kappa shape index (κ2) is 8.46. The number of amides is 1. The van der Waals surface area contributed by atoms with Crippen molar-refractivity contribution in [3.8, 4) is 11.5 Å². The Morgan fingerprint density at radius 1 is 1.00 bits per heavy atom. The molecule has 1 unspecified atom stereocenters. The van der Waals surface area contributed by atoms with Crippen molar-refractivity contribution in [3.63, 3.8) is 0 Å². The van der Waals surface area contributed by atoms with Gasteiger partial charge in [-0.05, 0) is 42.0 Å². The van der Waals surface area contributed by atoms with Crippen molar-refractivity contribution in [3.05, 3.63) is 99.6 Å². The Morgan fingerprint density at radius 2 is 1.64 bits per heavy atom. The first-order valence-corrected chi connectivity index (χ1v) is 9.81. The maximum atomic E-state index is 13.2. The van der Waals surface area contributed by atoms with Crippen LogP contribution in [-0.2, 0) is 9.59 Å². The minimum absolute atomic E-state index is 0.0108. The van der Waals surface area contributed by atoms with E-state index in [4.69, 9.17) is 4.74 Å². The molecule has 9 heteroatoms. The van der Waals surface area contributed by atoms with E-state index >= 15 is 0 Å². The minimum Gasteiger partial charge on any atom is -0.508 e. The van der Waals surface area contributed by atoms with Gasteiger partial charge in [-0.3, -0.25) is 24.6 Å². The number of ketones is 1. The molecule has 3 aromatic rings. The van der Waals surface area contributed by atoms with Gasteiger partial charge in [0.05, 0.1) is 29.3 Å². The predicted octanol–water partition coefficient (Wildman–Crippen LogP) is 3.94. The number of methoxy groups -OCH3 is 1. The zero-order chi connectivity index (χ0) is 23.7. The number of nitro groups is 1. The molecule has 0 saturated carbocycles. The number of carbonyl (C=O) groups is 2. The molecule has 0 aliphatic carbocycles. The molecule has 166 valence electrons. The number of para-hydroxylation sites is 2. The number of phenolic OH excluding ortho intramolecular Hbond substituents is 1. The molecule has 1 atom stereocenters. The summed E-state index contributed by atoms with van der Waals surface area (Å²) >= 11 is 0. The quantitative estimate of drug-likeness (QED) is 0.200. The average Bonchev–Trinajstić information content (AvgIpc) is 3.09. The molecule has 9 nitrogen and oxygen atoms in total. The molecule has 1 saturated heterocycles. The molecule has 0 bridgehead atoms. The lowest BCUT2D eigenvalue weighted by Gasteiger charge is -2.26. The van der Waals surface area contributed by atoms with E-state index in [1.54, 1.807) is 24.3 Å². The Kier molecular flexibility index (Phi) is 5.53. The Morgan fingerprint density at radius 3 is 2.24 bits per heavy atom. The number of hydrogen-bond donors (Lipinski definition) is 2. The third-order valence-electron chi connectivity index (χ3n) is 5.35. The topological polar surface area (TPSA) is 130 Å². The van der Waals surface area contributed by atoms with Crippen LogP contribution < -0.4 is 9.64 Å². The van der Waals surface area contributed by atoms with Gasteiger partial charge in [-0.15, -0.1) is 0 Å². The third kappa shape index (κ3) is 3.76. The number of nitrogens with zero attached hydrogens (tertiary/aromatic N) is 2. The standard InChI is InChI=1S/C24H18N2O7/c1-33-19-5-3-2-4-18(19)25-21(14-8-12-17(27)13-9-14)20(23(29)24(25)30)22(28)15-6-10-16(11-7-15)26(31)32/h2-13,21,27-28H,1H3/b22-20-. The summed E-state index contributed by atoms with van der Waals surface area (Å²) in [7, 11) is 1.43. The molecule has 0 radical (unpaired) electrons. The highest BCUT2D eigenvalue weighted by atomic mass is 16.6. The SMILES string of the molecule is COc1ccccc1N1C(=O)C(=O)/C(=C(\O)c2ccc([N+](=O)[O-])cc2)C1c1ccc(O)cc1. The highest BCUT2D eigenvalue weighted by Gasteiger charge is 2.47. The van der Waals surface area contributed by atoms with Crippen LogP contribution in [0.3, 0.4) is 0 Å². The second-order valence-corrected chi connectivity index (χ2v) is 7.24. The van der Waals surface area contributed by atoms with Crippen molar-refractivity contribution in [2.75, 3.05) is 12.0 Å². The Labute approximate surface area is 187 Å². The van der Waals surface area contributed by atoms with E-state index in [-0.39, 0.29) is 22.6 Å². The Hall–Kier alpha value is -4.66. The molecule has 2 N–H and O–H groups in total. The number of hydrogen-bond acceptors (Lipinski definition) is 7. The minimum atomic E-state index is -1.03. The third-order valence-corrected chi connectivity index (χ3v) is 5.35. The summed E-state index contributed by atoms with van der Waals surface area (Å²) in [5.41, 5.74) is 0.549. The van der Waals surface area contributed by atoms with Gasteiger partial charge in [0.15, 0.2) is 0 Å². The fourth-order valence-corrected chi connectivity index (χ4v) is 3.78. The molecule has 1 fully saturated rings. The molecule has 1 aliphatic heterocycles. The van der Waals surface area contributed by atoms with E-state index in [1.165, 1.54) is 60.5 Å². The first-order chi connectivity index (χ1) is 15.8. The van der Waals surface area contributed by atoms with Gasteiger partial charge in [0, 0.05) is 17.7 Å². The van der Waals surface area contributed by atoms with Crippen LogP contribution in [0.2, 0.25) is 0 Å². The van der Waals surface area contributed by atoms with Crippen molar-refractivity contribution < 1.29 is 29.5 Å². The van der Waals surface area contributed by atoms with E-state index in [1.807, 2.05) is 0 Å². The van der Waals surface area contributed by atoms with Crippen LogP contribution in [0, 0.1) is 10.1 Å². The first-order valence-electron chi connectivity index (χ1n) is 9.81. The molecular formula is C24H18N2O7. The lowest BCUT2D eigenvalue weighted by Crippen LogP contribution is -2.29. The van der Waals surface area contributed by atoms with Gasteiger partial charge in [0.25, 0.3) is 17.4 Å². The van der Waals surface area contributed by atoms with Crippen molar-refractivity contribution >= 4 is 28.8 Å². The van der Waals surface area contributed by atoms with E-state index in [0.717, 1.165) is 0 Å². The molecule has 0 spiro atoms. The number of nitro benzene ring substituents is 1. The lowest BCUT2D eigenvalue weighted by atomic mass is 9.95. The Bertz CT molecular complexity index is 1280. The monoisotopic (exact) mass is 446 g/mol. The largest absolute Gasteiger partial charge is 0.508 e. The molecule has 1 amide bonds. The van der Waals surface area contributed by atoms with Gasteiger partial charge in [-0.25, -0.2) is 0 Å². The number of aromatic hydroxyl groups is 1. The van der Waals surface area contributed by atoms with E-state index in [0.29, 0.717) is 17.0 Å². The van der Waals surface area contributed by atoms with Crippen LogP contribution in [0.25, 0.3) is 5.76 Å². The molecule has 0 aromatic heterocycles. The molecular weight excluding hydrogens is 428 g/mol. The van der Waals surface area contributed by atoms with E-state index in [2.05, 4.69) is 0 Å². The van der Waals surface area contributed by atoms with Gasteiger partial charge in [-0.2, -0.15) is 0 Å². The number of anilines is 1. The van der Waals surface area contributed by atoms with Gasteiger partial charge >= 0.3 is 0 Å². The summed E-state index contributed by atoms with van der Waals surface area (Å²) in [4.78, 5) is 37.9. The van der Waals surface area contributed by atoms with Crippen LogP contribution in [-0.4, -0.2) is 33.9 Å². The average molecular weight is 446 g/mol. The van der Waals surface area contributed by atoms with Crippen LogP contribution in [0.1, 0.15) is 17.2 Å². The van der Waals surface area contributed by atoms with Gasteiger partial charge in [0.2, 0.25) is 0 Å². The number of aliphatic hydroxyl groups excluding tert-OH is 1. The van der Waals surface area contributed by atoms with Crippen molar-refractivity contribution in [1.29, 1.82) is 0 Å². The van der Waals surface area contributed by atoms with Gasteiger partial charge in [0.1, 0.15) is 17.3 Å². The highest BCUT2D eigenvalue weighted by Crippen LogP contribution is 2.45. The number of ether oxygens (including phenoxy) is 1. The van der Waals surface area contributed by atoms with Crippen LogP contribution in [0.5, 0.6) is 11.5 Å². The molecule has 33 heavy (non-hydrogen) atoms. The van der Waals surface area contributed by atoms with E-state index in [9.17, 15) is 29.9 Å². The zero-order valence-corrected chi connectivity index (χ0v) is 17.3. The van der Waals surface area contributed by atoms with Crippen molar-refractivity contribution in [2.24, 2.45) is 0 Å². The number of benzene rings is 3. The fourth-order valence-electron chi connectivity index (χ4n) is 3.78. The maximum Gasteiger partial charge on any atom is 0.300 e. The highest BCUT2D eigenvalue weighted by molar-refractivity contribution is 6.51. The number of non-ortho nitro benzene ring substituents is 1. The van der Waals surface area contributed by atoms with Crippen molar-refractivity contribution in [2.45, 2.75) is 6.04 Å². The summed E-state index contributed by atoms with van der Waals surface area (Å²) in [5, 5.41) is 31.7. The number of phenols is 1. The number of rotatable bonds is 5. The van der Waals surface area contributed by atoms with E-state index < -0.39 is 28.4 Å². The molecule has 3 aromatic carbocycles. The van der Waals surface area contributed by atoms with Gasteiger partial charge in [-0.1, -0.05) is 24.3 Å². The van der Waals surface area contributed by atoms with Crippen LogP contribution in [0.4, 0.5) is 11.4 Å². The summed E-state index contributed by atoms with van der Waals surface area (Å²) in [6, 6.07) is 16.5.